The third-order valence-corrected chi connectivity index (χ3v) is 7.09. The summed E-state index contributed by atoms with van der Waals surface area (Å²) in [6, 6.07) is 7.19. The maximum Gasteiger partial charge on any atom is 0.253 e. The van der Waals surface area contributed by atoms with Crippen molar-refractivity contribution in [1.82, 2.24) is 14.7 Å². The van der Waals surface area contributed by atoms with Crippen molar-refractivity contribution in [3.63, 3.8) is 0 Å². The zero-order valence-corrected chi connectivity index (χ0v) is 17.5. The van der Waals surface area contributed by atoms with Gasteiger partial charge in [-0.2, -0.15) is 5.10 Å². The number of benzene rings is 1. The Labute approximate surface area is 162 Å². The first-order chi connectivity index (χ1) is 12.2. The van der Waals surface area contributed by atoms with Gasteiger partial charge in [-0.05, 0) is 38.5 Å². The van der Waals surface area contributed by atoms with E-state index in [1.165, 1.54) is 0 Å². The van der Waals surface area contributed by atoms with Crippen molar-refractivity contribution >= 4 is 31.7 Å². The lowest BCUT2D eigenvalue weighted by Crippen LogP contribution is -2.26. The fourth-order valence-corrected chi connectivity index (χ4v) is 5.49. The maximum absolute atomic E-state index is 12.7. The predicted octanol–water partition coefficient (Wildman–Crippen LogP) is 2.89. The molecular formula is C18H22BrN3O3S. The summed E-state index contributed by atoms with van der Waals surface area (Å²) in [6.07, 6.45) is 0.594. The van der Waals surface area contributed by atoms with Gasteiger partial charge in [-0.1, -0.05) is 22.0 Å². The minimum atomic E-state index is -2.97. The van der Waals surface area contributed by atoms with Gasteiger partial charge < -0.3 is 4.90 Å². The molecule has 2 heterocycles. The number of sulfone groups is 1. The van der Waals surface area contributed by atoms with E-state index in [9.17, 15) is 13.2 Å². The van der Waals surface area contributed by atoms with E-state index < -0.39 is 9.84 Å². The Morgan fingerprint density at radius 1 is 1.38 bits per heavy atom. The van der Waals surface area contributed by atoms with E-state index in [1.807, 2.05) is 30.7 Å². The minimum Gasteiger partial charge on any atom is -0.337 e. The number of hydrogen-bond donors (Lipinski definition) is 0. The molecule has 140 valence electrons. The summed E-state index contributed by atoms with van der Waals surface area (Å²) in [5.41, 5.74) is 3.35. The van der Waals surface area contributed by atoms with E-state index in [1.54, 1.807) is 24.1 Å². The fourth-order valence-electron chi connectivity index (χ4n) is 3.40. The molecule has 0 N–H and O–H groups in total. The lowest BCUT2D eigenvalue weighted by molar-refractivity contribution is 0.0784. The van der Waals surface area contributed by atoms with Crippen LogP contribution in [0.2, 0.25) is 0 Å². The second-order valence-corrected chi connectivity index (χ2v) is 9.97. The molecule has 1 aromatic heterocycles. The molecule has 1 atom stereocenters. The first-order valence-electron chi connectivity index (χ1n) is 8.44. The Hall–Kier alpha value is -1.67. The molecular weight excluding hydrogens is 418 g/mol. The quantitative estimate of drug-likeness (QED) is 0.733. The molecule has 1 aliphatic rings. The van der Waals surface area contributed by atoms with Crippen molar-refractivity contribution in [3.05, 3.63) is 51.3 Å². The predicted molar refractivity (Wildman–Crippen MR) is 104 cm³/mol. The van der Waals surface area contributed by atoms with Gasteiger partial charge in [0.25, 0.3) is 5.91 Å². The number of aryl methyl sites for hydroxylation is 1. The Morgan fingerprint density at radius 3 is 2.73 bits per heavy atom. The molecule has 26 heavy (non-hydrogen) atoms. The summed E-state index contributed by atoms with van der Waals surface area (Å²) in [5, 5.41) is 4.56. The number of amides is 1. The monoisotopic (exact) mass is 439 g/mol. The molecule has 0 saturated carbocycles. The Balaban J connectivity index is 1.81. The first-order valence-corrected chi connectivity index (χ1v) is 11.1. The molecule has 0 aliphatic carbocycles. The lowest BCUT2D eigenvalue weighted by atomic mass is 10.1. The van der Waals surface area contributed by atoms with E-state index in [2.05, 4.69) is 21.0 Å². The number of nitrogens with zero attached hydrogens (tertiary/aromatic N) is 3. The van der Waals surface area contributed by atoms with E-state index in [4.69, 9.17) is 0 Å². The number of halogens is 1. The van der Waals surface area contributed by atoms with Crippen LogP contribution in [0.3, 0.4) is 0 Å². The molecule has 0 bridgehead atoms. The van der Waals surface area contributed by atoms with Gasteiger partial charge in [0.2, 0.25) is 0 Å². The summed E-state index contributed by atoms with van der Waals surface area (Å²) in [4.78, 5) is 14.3. The summed E-state index contributed by atoms with van der Waals surface area (Å²) in [7, 11) is -1.21. The molecule has 0 unspecified atom stereocenters. The highest BCUT2D eigenvalue weighted by molar-refractivity contribution is 9.10. The average Bonchev–Trinajstić information content (AvgIpc) is 3.07. The highest BCUT2D eigenvalue weighted by atomic mass is 79.9. The van der Waals surface area contributed by atoms with Crippen LogP contribution in [0.25, 0.3) is 0 Å². The molecule has 1 fully saturated rings. The highest BCUT2D eigenvalue weighted by Crippen LogP contribution is 2.27. The standard InChI is InChI=1S/C18H22BrN3O3S/c1-12-17(10-21(3)18(23)14-5-4-6-15(19)9-14)13(2)22(20-12)16-7-8-26(24,25)11-16/h4-6,9,16H,7-8,10-11H2,1-3H3/t16-/m1/s1. The van der Waals surface area contributed by atoms with Crippen molar-refractivity contribution in [3.8, 4) is 0 Å². The van der Waals surface area contributed by atoms with Gasteiger partial charge in [-0.25, -0.2) is 8.42 Å². The number of carbonyl (C=O) groups is 1. The first kappa shape index (κ1) is 19.1. The van der Waals surface area contributed by atoms with Crippen molar-refractivity contribution in [1.29, 1.82) is 0 Å². The Morgan fingerprint density at radius 2 is 2.12 bits per heavy atom. The fraction of sp³-hybridized carbons (Fsp3) is 0.444. The Kier molecular flexibility index (Phi) is 5.25. The number of aromatic nitrogens is 2. The van der Waals surface area contributed by atoms with Crippen molar-refractivity contribution < 1.29 is 13.2 Å². The van der Waals surface area contributed by atoms with Gasteiger partial charge in [0.05, 0.1) is 23.2 Å². The Bertz CT molecular complexity index is 953. The average molecular weight is 440 g/mol. The van der Waals surface area contributed by atoms with Crippen LogP contribution in [0, 0.1) is 13.8 Å². The van der Waals surface area contributed by atoms with Gasteiger partial charge >= 0.3 is 0 Å². The number of hydrogen-bond acceptors (Lipinski definition) is 4. The van der Waals surface area contributed by atoms with Gasteiger partial charge in [0.15, 0.2) is 9.84 Å². The van der Waals surface area contributed by atoms with E-state index in [-0.39, 0.29) is 23.5 Å². The molecule has 2 aromatic rings. The second kappa shape index (κ2) is 7.15. The summed E-state index contributed by atoms with van der Waals surface area (Å²) in [5.74, 6) is 0.287. The van der Waals surface area contributed by atoms with Crippen molar-refractivity contribution in [2.24, 2.45) is 0 Å². The van der Waals surface area contributed by atoms with E-state index in [0.717, 1.165) is 21.4 Å². The zero-order chi connectivity index (χ0) is 19.1. The molecule has 1 saturated heterocycles. The second-order valence-electron chi connectivity index (χ2n) is 6.82. The SMILES string of the molecule is Cc1nn([C@@H]2CCS(=O)(=O)C2)c(C)c1CN(C)C(=O)c1cccc(Br)c1. The van der Waals surface area contributed by atoms with Crippen LogP contribution < -0.4 is 0 Å². The van der Waals surface area contributed by atoms with Crippen molar-refractivity contribution in [2.75, 3.05) is 18.6 Å². The van der Waals surface area contributed by atoms with Crippen LogP contribution in [-0.4, -0.2) is 47.6 Å². The highest BCUT2D eigenvalue weighted by Gasteiger charge is 2.31. The molecule has 1 aromatic carbocycles. The van der Waals surface area contributed by atoms with Crippen LogP contribution in [-0.2, 0) is 16.4 Å². The maximum atomic E-state index is 12.7. The summed E-state index contributed by atoms with van der Waals surface area (Å²) in [6.45, 7) is 4.28. The molecule has 1 aliphatic heterocycles. The van der Waals surface area contributed by atoms with Crippen LogP contribution in [0.1, 0.15) is 39.8 Å². The van der Waals surface area contributed by atoms with E-state index in [0.29, 0.717) is 18.5 Å². The number of carbonyl (C=O) groups excluding carboxylic acids is 1. The largest absolute Gasteiger partial charge is 0.337 e. The van der Waals surface area contributed by atoms with Gasteiger partial charge in [0, 0.05) is 34.9 Å². The molecule has 3 rings (SSSR count). The van der Waals surface area contributed by atoms with Crippen molar-refractivity contribution in [2.45, 2.75) is 32.9 Å². The smallest absolute Gasteiger partial charge is 0.253 e. The van der Waals surface area contributed by atoms with Gasteiger partial charge in [-0.15, -0.1) is 0 Å². The van der Waals surface area contributed by atoms with Crippen LogP contribution >= 0.6 is 15.9 Å². The molecule has 0 radical (unpaired) electrons. The molecule has 1 amide bonds. The van der Waals surface area contributed by atoms with Crippen LogP contribution in [0.4, 0.5) is 0 Å². The third kappa shape index (κ3) is 3.86. The molecule has 8 heteroatoms. The van der Waals surface area contributed by atoms with Crippen LogP contribution in [0.15, 0.2) is 28.7 Å². The summed E-state index contributed by atoms with van der Waals surface area (Å²) < 4.78 is 26.2. The minimum absolute atomic E-state index is 0.0682. The summed E-state index contributed by atoms with van der Waals surface area (Å²) >= 11 is 3.39. The molecule has 6 nitrogen and oxygen atoms in total. The molecule has 0 spiro atoms. The normalized spacial score (nSPS) is 18.8. The van der Waals surface area contributed by atoms with Gasteiger partial charge in [0.1, 0.15) is 0 Å². The zero-order valence-electron chi connectivity index (χ0n) is 15.1. The topological polar surface area (TPSA) is 72.3 Å². The third-order valence-electron chi connectivity index (χ3n) is 4.84. The van der Waals surface area contributed by atoms with E-state index >= 15 is 0 Å². The number of rotatable bonds is 4. The van der Waals surface area contributed by atoms with Crippen LogP contribution in [0.5, 0.6) is 0 Å². The van der Waals surface area contributed by atoms with Gasteiger partial charge in [-0.3, -0.25) is 9.48 Å². The lowest BCUT2D eigenvalue weighted by Gasteiger charge is -2.18.